The molecular weight excluding hydrogens is 473 g/mol. The van der Waals surface area contributed by atoms with Gasteiger partial charge in [-0.3, -0.25) is 0 Å². The van der Waals surface area contributed by atoms with Crippen LogP contribution in [0.25, 0.3) is 11.1 Å². The first kappa shape index (κ1) is 24.3. The third-order valence-corrected chi connectivity index (χ3v) is 4.77. The molecule has 0 saturated heterocycles. The summed E-state index contributed by atoms with van der Waals surface area (Å²) in [5.41, 5.74) is 5.26. The van der Waals surface area contributed by atoms with Crippen LogP contribution in [0.3, 0.4) is 0 Å². The fourth-order valence-electron chi connectivity index (χ4n) is 3.34. The van der Waals surface area contributed by atoms with E-state index in [9.17, 15) is 15.3 Å². The molecule has 4 heteroatoms. The molecule has 0 aliphatic rings. The molecular formula is C27H26O3Ru. The largest absolute Gasteiger partial charge is 2.00 e. The van der Waals surface area contributed by atoms with Gasteiger partial charge in [0.15, 0.2) is 0 Å². The maximum atomic E-state index is 9.63. The van der Waals surface area contributed by atoms with Gasteiger partial charge in [0.1, 0.15) is 11.5 Å². The van der Waals surface area contributed by atoms with Gasteiger partial charge < -0.3 is 15.3 Å². The summed E-state index contributed by atoms with van der Waals surface area (Å²) in [6.07, 6.45) is 1.40. The fourth-order valence-corrected chi connectivity index (χ4v) is 3.34. The Bertz CT molecular complexity index is 949. The maximum Gasteiger partial charge on any atom is 2.00 e. The summed E-state index contributed by atoms with van der Waals surface area (Å²) in [6.45, 7) is 0.128. The third kappa shape index (κ3) is 7.06. The van der Waals surface area contributed by atoms with E-state index >= 15 is 0 Å². The Balaban J connectivity index is 0.000000501. The van der Waals surface area contributed by atoms with Gasteiger partial charge in [-0.15, -0.1) is 23.3 Å². The number of aliphatic hydroxyl groups is 1. The van der Waals surface area contributed by atoms with Crippen LogP contribution in [0.1, 0.15) is 29.5 Å². The maximum absolute atomic E-state index is 9.63. The van der Waals surface area contributed by atoms with E-state index in [2.05, 4.69) is 12.1 Å². The van der Waals surface area contributed by atoms with Gasteiger partial charge in [0.2, 0.25) is 0 Å². The number of aliphatic hydroxyl groups excluding tert-OH is 1. The second-order valence-corrected chi connectivity index (χ2v) is 6.91. The monoisotopic (exact) mass is 500 g/mol. The van der Waals surface area contributed by atoms with Gasteiger partial charge in [-0.25, -0.2) is 12.1 Å². The molecule has 0 saturated carbocycles. The molecule has 0 atom stereocenters. The van der Waals surface area contributed by atoms with Crippen LogP contribution in [0.15, 0.2) is 103 Å². The predicted octanol–water partition coefficient (Wildman–Crippen LogP) is 5.95. The normalized spacial score (nSPS) is 9.84. The van der Waals surface area contributed by atoms with E-state index in [1.54, 1.807) is 24.3 Å². The van der Waals surface area contributed by atoms with E-state index in [1.807, 2.05) is 66.7 Å². The number of phenols is 2. The molecule has 0 spiro atoms. The fraction of sp³-hybridized carbons (Fsp3) is 0.111. The topological polar surface area (TPSA) is 60.7 Å². The number of benzene rings is 2. The van der Waals surface area contributed by atoms with E-state index in [1.165, 1.54) is 0 Å². The minimum Gasteiger partial charge on any atom is -0.508 e. The van der Waals surface area contributed by atoms with Crippen molar-refractivity contribution in [1.82, 2.24) is 0 Å². The van der Waals surface area contributed by atoms with Crippen LogP contribution in [0, 0.1) is 0 Å². The number of phenolic OH excluding ortho intramolecular Hbond substituents is 2. The Hall–Kier alpha value is -2.94. The smallest absolute Gasteiger partial charge is 0.508 e. The molecule has 0 amide bonds. The van der Waals surface area contributed by atoms with Crippen molar-refractivity contribution in [3.63, 3.8) is 0 Å². The van der Waals surface area contributed by atoms with Crippen molar-refractivity contribution >= 4 is 11.1 Å². The van der Waals surface area contributed by atoms with Gasteiger partial charge >= 0.3 is 19.5 Å². The number of allylic oxidation sites excluding steroid dienone is 1. The van der Waals surface area contributed by atoms with E-state index in [0.717, 1.165) is 34.3 Å². The standard InChI is InChI=1S/C22H21O3.C5H5.Ru/c23-15-3-6-21(16-4-1-2-5-16)22(17-7-11-19(24)12-8-17)18-9-13-20(25)14-10-18;1-2-4-5-3-1;/h1-2,4-5,7-14,23-25H,3,6,15H2;1-5H;/q2*-1;+2. The minimum absolute atomic E-state index is 0. The quantitative estimate of drug-likeness (QED) is 0.227. The Morgan fingerprint density at radius 2 is 1.23 bits per heavy atom. The van der Waals surface area contributed by atoms with E-state index in [0.29, 0.717) is 6.42 Å². The first-order valence-electron chi connectivity index (χ1n) is 10.0. The Morgan fingerprint density at radius 3 is 1.61 bits per heavy atom. The summed E-state index contributed by atoms with van der Waals surface area (Å²) in [5.74, 6) is 0.443. The average Bonchev–Trinajstić information content (AvgIpc) is 3.50. The number of hydrogen-bond acceptors (Lipinski definition) is 3. The van der Waals surface area contributed by atoms with Crippen LogP contribution < -0.4 is 0 Å². The second-order valence-electron chi connectivity index (χ2n) is 6.91. The van der Waals surface area contributed by atoms with Crippen LogP contribution in [0.2, 0.25) is 0 Å². The van der Waals surface area contributed by atoms with E-state index < -0.39 is 0 Å². The summed E-state index contributed by atoms with van der Waals surface area (Å²) in [7, 11) is 0. The first-order valence-corrected chi connectivity index (χ1v) is 10.0. The Morgan fingerprint density at radius 1 is 0.742 bits per heavy atom. The molecule has 0 fully saturated rings. The molecule has 0 radical (unpaired) electrons. The first-order chi connectivity index (χ1) is 14.7. The van der Waals surface area contributed by atoms with E-state index in [-0.39, 0.29) is 37.6 Å². The zero-order valence-electron chi connectivity index (χ0n) is 17.1. The molecule has 4 rings (SSSR count). The van der Waals surface area contributed by atoms with Crippen molar-refractivity contribution in [1.29, 1.82) is 0 Å². The van der Waals surface area contributed by atoms with Crippen LogP contribution in [0.5, 0.6) is 11.5 Å². The zero-order chi connectivity index (χ0) is 21.2. The van der Waals surface area contributed by atoms with Crippen molar-refractivity contribution in [2.75, 3.05) is 6.61 Å². The Kier molecular flexibility index (Phi) is 9.96. The molecule has 0 aliphatic carbocycles. The van der Waals surface area contributed by atoms with Crippen molar-refractivity contribution in [2.24, 2.45) is 0 Å². The van der Waals surface area contributed by atoms with Gasteiger partial charge in [0.25, 0.3) is 0 Å². The minimum atomic E-state index is 0. The van der Waals surface area contributed by atoms with Crippen LogP contribution in [-0.2, 0) is 19.5 Å². The zero-order valence-corrected chi connectivity index (χ0v) is 18.9. The van der Waals surface area contributed by atoms with Gasteiger partial charge in [-0.1, -0.05) is 41.0 Å². The summed E-state index contributed by atoms with van der Waals surface area (Å²) >= 11 is 0. The molecule has 0 heterocycles. The molecule has 0 unspecified atom stereocenters. The van der Waals surface area contributed by atoms with Crippen LogP contribution in [-0.4, -0.2) is 21.9 Å². The number of aromatic hydroxyl groups is 2. The molecule has 31 heavy (non-hydrogen) atoms. The van der Waals surface area contributed by atoms with Crippen molar-refractivity contribution < 1.29 is 34.8 Å². The molecule has 3 N–H and O–H groups in total. The molecule has 3 nitrogen and oxygen atoms in total. The molecule has 0 bridgehead atoms. The number of rotatable bonds is 6. The van der Waals surface area contributed by atoms with E-state index in [4.69, 9.17) is 0 Å². The predicted molar refractivity (Wildman–Crippen MR) is 123 cm³/mol. The third-order valence-electron chi connectivity index (χ3n) is 4.77. The average molecular weight is 500 g/mol. The summed E-state index contributed by atoms with van der Waals surface area (Å²) in [4.78, 5) is 0. The van der Waals surface area contributed by atoms with Crippen LogP contribution in [0.4, 0.5) is 0 Å². The summed E-state index contributed by atoms with van der Waals surface area (Å²) in [6, 6.07) is 32.4. The van der Waals surface area contributed by atoms with Crippen LogP contribution >= 0.6 is 0 Å². The number of hydrogen-bond donors (Lipinski definition) is 3. The van der Waals surface area contributed by atoms with Crippen molar-refractivity contribution in [3.05, 3.63) is 120 Å². The van der Waals surface area contributed by atoms with Gasteiger partial charge in [0, 0.05) is 6.61 Å². The van der Waals surface area contributed by atoms with Crippen molar-refractivity contribution in [3.8, 4) is 11.5 Å². The van der Waals surface area contributed by atoms with Gasteiger partial charge in [-0.05, 0) is 37.1 Å². The summed E-state index contributed by atoms with van der Waals surface area (Å²) < 4.78 is 0. The Labute approximate surface area is 196 Å². The van der Waals surface area contributed by atoms with Gasteiger partial charge in [-0.2, -0.15) is 30.3 Å². The summed E-state index contributed by atoms with van der Waals surface area (Å²) in [5, 5.41) is 28.6. The molecule has 0 aromatic heterocycles. The molecule has 4 aromatic rings. The molecule has 0 aliphatic heterocycles. The second kappa shape index (κ2) is 12.7. The molecule has 160 valence electrons. The van der Waals surface area contributed by atoms with Gasteiger partial charge in [0.05, 0.1) is 0 Å². The van der Waals surface area contributed by atoms with Crippen molar-refractivity contribution in [2.45, 2.75) is 12.8 Å². The SMILES string of the molecule is OCCCC(=C(c1ccc(O)cc1)c1ccc(O)cc1)[c-]1cccc1.[Ru+2].c1cc[cH-]c1. The molecule has 4 aromatic carbocycles.